The number of methoxy groups -OCH3 is 1. The van der Waals surface area contributed by atoms with Crippen molar-refractivity contribution in [2.24, 2.45) is 0 Å². The maximum Gasteiger partial charge on any atom is 0.326 e. The van der Waals surface area contributed by atoms with Crippen molar-refractivity contribution in [1.29, 1.82) is 0 Å². The van der Waals surface area contributed by atoms with Gasteiger partial charge in [0.2, 0.25) is 17.6 Å². The number of hydrogen-bond acceptors (Lipinski definition) is 6. The molecule has 1 fully saturated rings. The molecule has 0 bridgehead atoms. The summed E-state index contributed by atoms with van der Waals surface area (Å²) >= 11 is 0. The zero-order valence-electron chi connectivity index (χ0n) is 14.6. The van der Waals surface area contributed by atoms with Gasteiger partial charge in [-0.2, -0.15) is 4.98 Å². The molecule has 2 aromatic rings. The largest absolute Gasteiger partial charge is 0.497 e. The second-order valence-corrected chi connectivity index (χ2v) is 6.18. The molecule has 0 saturated carbocycles. The van der Waals surface area contributed by atoms with E-state index < -0.39 is 12.0 Å². The van der Waals surface area contributed by atoms with Gasteiger partial charge in [-0.1, -0.05) is 17.3 Å². The van der Waals surface area contributed by atoms with E-state index in [2.05, 4.69) is 10.1 Å². The highest BCUT2D eigenvalue weighted by Gasteiger charge is 2.33. The SMILES string of the molecule is COc1cccc(-c2noc(CCCC(=O)N3CCC[C@H]3C(=O)O)n2)c1. The second-order valence-electron chi connectivity index (χ2n) is 6.18. The number of amides is 1. The van der Waals surface area contributed by atoms with Gasteiger partial charge in [-0.05, 0) is 31.4 Å². The molecule has 1 N–H and O–H groups in total. The summed E-state index contributed by atoms with van der Waals surface area (Å²) in [5.41, 5.74) is 0.789. The zero-order valence-corrected chi connectivity index (χ0v) is 14.6. The normalized spacial score (nSPS) is 16.7. The number of aliphatic carboxylic acids is 1. The van der Waals surface area contributed by atoms with Crippen molar-refractivity contribution in [3.8, 4) is 17.1 Å². The number of carboxylic acids is 1. The number of ether oxygens (including phenoxy) is 1. The van der Waals surface area contributed by atoms with Crippen LogP contribution in [0.1, 0.15) is 31.6 Å². The summed E-state index contributed by atoms with van der Waals surface area (Å²) in [6, 6.07) is 6.67. The minimum absolute atomic E-state index is 0.137. The predicted octanol–water partition coefficient (Wildman–Crippen LogP) is 2.14. The standard InChI is InChI=1S/C18H21N3O5/c1-25-13-6-2-5-12(11-13)17-19-15(26-20-17)8-3-9-16(22)21-10-4-7-14(21)18(23)24/h2,5-6,11,14H,3-4,7-10H2,1H3,(H,23,24)/t14-/m0/s1. The second kappa shape index (κ2) is 7.99. The molecular weight excluding hydrogens is 338 g/mol. The molecule has 1 aromatic heterocycles. The number of likely N-dealkylation sites (tertiary alicyclic amines) is 1. The van der Waals surface area contributed by atoms with E-state index in [1.807, 2.05) is 24.3 Å². The van der Waals surface area contributed by atoms with Gasteiger partial charge >= 0.3 is 5.97 Å². The fourth-order valence-corrected chi connectivity index (χ4v) is 3.09. The first kappa shape index (κ1) is 17.9. The van der Waals surface area contributed by atoms with E-state index in [0.717, 1.165) is 12.0 Å². The highest BCUT2D eigenvalue weighted by atomic mass is 16.5. The molecule has 8 heteroatoms. The summed E-state index contributed by atoms with van der Waals surface area (Å²) in [5.74, 6) is 0.554. The van der Waals surface area contributed by atoms with E-state index >= 15 is 0 Å². The predicted molar refractivity (Wildman–Crippen MR) is 91.6 cm³/mol. The van der Waals surface area contributed by atoms with Crippen molar-refractivity contribution in [1.82, 2.24) is 15.0 Å². The summed E-state index contributed by atoms with van der Waals surface area (Å²) in [6.45, 7) is 0.510. The molecule has 1 atom stereocenters. The molecule has 2 heterocycles. The molecular formula is C18H21N3O5. The van der Waals surface area contributed by atoms with E-state index in [1.54, 1.807) is 7.11 Å². The van der Waals surface area contributed by atoms with Gasteiger partial charge in [0, 0.05) is 24.9 Å². The fourth-order valence-electron chi connectivity index (χ4n) is 3.09. The molecule has 26 heavy (non-hydrogen) atoms. The Morgan fingerprint density at radius 1 is 1.42 bits per heavy atom. The lowest BCUT2D eigenvalue weighted by Gasteiger charge is -2.21. The van der Waals surface area contributed by atoms with E-state index in [-0.39, 0.29) is 12.3 Å². The number of carboxylic acid groups (broad SMARTS) is 1. The Bertz CT molecular complexity index is 789. The summed E-state index contributed by atoms with van der Waals surface area (Å²) in [5, 5.41) is 13.1. The molecule has 8 nitrogen and oxygen atoms in total. The number of rotatable bonds is 7. The third-order valence-corrected chi connectivity index (χ3v) is 4.44. The molecule has 0 unspecified atom stereocenters. The first-order valence-corrected chi connectivity index (χ1v) is 8.58. The van der Waals surface area contributed by atoms with E-state index in [9.17, 15) is 9.59 Å². The van der Waals surface area contributed by atoms with Crippen molar-refractivity contribution < 1.29 is 24.0 Å². The van der Waals surface area contributed by atoms with Crippen molar-refractivity contribution in [2.75, 3.05) is 13.7 Å². The summed E-state index contributed by atoms with van der Waals surface area (Å²) in [4.78, 5) is 29.2. The molecule has 1 aliphatic rings. The highest BCUT2D eigenvalue weighted by Crippen LogP contribution is 2.22. The van der Waals surface area contributed by atoms with Gasteiger partial charge in [0.1, 0.15) is 11.8 Å². The van der Waals surface area contributed by atoms with Crippen LogP contribution in [0, 0.1) is 0 Å². The van der Waals surface area contributed by atoms with Crippen LogP contribution in [0.2, 0.25) is 0 Å². The van der Waals surface area contributed by atoms with E-state index in [4.69, 9.17) is 14.4 Å². The summed E-state index contributed by atoms with van der Waals surface area (Å²) in [6.07, 6.45) is 2.52. The van der Waals surface area contributed by atoms with Crippen molar-refractivity contribution >= 4 is 11.9 Å². The topological polar surface area (TPSA) is 106 Å². The minimum atomic E-state index is -0.935. The van der Waals surface area contributed by atoms with Crippen LogP contribution in [-0.2, 0) is 16.0 Å². The maximum absolute atomic E-state index is 12.2. The minimum Gasteiger partial charge on any atom is -0.497 e. The number of carbonyl (C=O) groups excluding carboxylic acids is 1. The first-order valence-electron chi connectivity index (χ1n) is 8.58. The van der Waals surface area contributed by atoms with Gasteiger partial charge in [0.25, 0.3) is 0 Å². The van der Waals surface area contributed by atoms with Gasteiger partial charge in [0.05, 0.1) is 7.11 Å². The Balaban J connectivity index is 1.53. The molecule has 3 rings (SSSR count). The van der Waals surface area contributed by atoms with E-state index in [1.165, 1.54) is 4.90 Å². The Hall–Kier alpha value is -2.90. The Labute approximate surface area is 150 Å². The van der Waals surface area contributed by atoms with Crippen LogP contribution in [0.25, 0.3) is 11.4 Å². The van der Waals surface area contributed by atoms with Crippen LogP contribution in [0.15, 0.2) is 28.8 Å². The van der Waals surface area contributed by atoms with Crippen LogP contribution in [-0.4, -0.2) is 51.7 Å². The molecule has 1 aliphatic heterocycles. The third kappa shape index (κ3) is 4.01. The Morgan fingerprint density at radius 2 is 2.27 bits per heavy atom. The number of aryl methyl sites for hydroxylation is 1. The average Bonchev–Trinajstić information content (AvgIpc) is 3.31. The lowest BCUT2D eigenvalue weighted by atomic mass is 10.2. The van der Waals surface area contributed by atoms with E-state index in [0.29, 0.717) is 43.3 Å². The number of hydrogen-bond donors (Lipinski definition) is 1. The zero-order chi connectivity index (χ0) is 18.5. The lowest BCUT2D eigenvalue weighted by Crippen LogP contribution is -2.40. The molecule has 0 aliphatic carbocycles. The number of benzene rings is 1. The maximum atomic E-state index is 12.2. The van der Waals surface area contributed by atoms with Crippen LogP contribution in [0.4, 0.5) is 0 Å². The molecule has 0 spiro atoms. The first-order chi connectivity index (χ1) is 12.6. The van der Waals surface area contributed by atoms with Crippen molar-refractivity contribution in [3.05, 3.63) is 30.2 Å². The van der Waals surface area contributed by atoms with Gasteiger partial charge in [0.15, 0.2) is 0 Å². The third-order valence-electron chi connectivity index (χ3n) is 4.44. The van der Waals surface area contributed by atoms with Gasteiger partial charge in [-0.3, -0.25) is 4.79 Å². The molecule has 1 saturated heterocycles. The van der Waals surface area contributed by atoms with Crippen LogP contribution < -0.4 is 4.74 Å². The summed E-state index contributed by atoms with van der Waals surface area (Å²) < 4.78 is 10.4. The van der Waals surface area contributed by atoms with Crippen molar-refractivity contribution in [3.63, 3.8) is 0 Å². The lowest BCUT2D eigenvalue weighted by molar-refractivity contribution is -0.148. The number of aromatic nitrogens is 2. The Morgan fingerprint density at radius 3 is 3.04 bits per heavy atom. The molecule has 0 radical (unpaired) electrons. The monoisotopic (exact) mass is 359 g/mol. The van der Waals surface area contributed by atoms with Gasteiger partial charge in [-0.25, -0.2) is 4.79 Å². The quantitative estimate of drug-likeness (QED) is 0.807. The van der Waals surface area contributed by atoms with Crippen molar-refractivity contribution in [2.45, 2.75) is 38.1 Å². The molecule has 138 valence electrons. The van der Waals surface area contributed by atoms with Gasteiger partial charge < -0.3 is 19.3 Å². The molecule has 1 amide bonds. The van der Waals surface area contributed by atoms with Crippen LogP contribution in [0.5, 0.6) is 5.75 Å². The highest BCUT2D eigenvalue weighted by molar-refractivity contribution is 5.84. The Kier molecular flexibility index (Phi) is 5.50. The average molecular weight is 359 g/mol. The smallest absolute Gasteiger partial charge is 0.326 e. The van der Waals surface area contributed by atoms with Crippen LogP contribution in [0.3, 0.4) is 0 Å². The number of nitrogens with zero attached hydrogens (tertiary/aromatic N) is 3. The summed E-state index contributed by atoms with van der Waals surface area (Å²) in [7, 11) is 1.59. The van der Waals surface area contributed by atoms with Crippen LogP contribution >= 0.6 is 0 Å². The molecule has 1 aromatic carbocycles. The van der Waals surface area contributed by atoms with Gasteiger partial charge in [-0.15, -0.1) is 0 Å². The fraction of sp³-hybridized carbons (Fsp3) is 0.444. The number of carbonyl (C=O) groups is 2.